The Kier molecular flexibility index (Phi) is 6.45. The summed E-state index contributed by atoms with van der Waals surface area (Å²) in [5, 5.41) is 14.1. The smallest absolute Gasteiger partial charge is 0.311 e. The molecule has 7 heteroatoms. The zero-order chi connectivity index (χ0) is 15.0. The Morgan fingerprint density at radius 3 is 2.80 bits per heavy atom. The van der Waals surface area contributed by atoms with Crippen LogP contribution >= 0.6 is 0 Å². The number of rotatable bonds is 8. The van der Waals surface area contributed by atoms with Gasteiger partial charge in [0.15, 0.2) is 5.75 Å². The largest absolute Gasteiger partial charge is 0.486 e. The molecule has 0 saturated heterocycles. The molecule has 0 fully saturated rings. The van der Waals surface area contributed by atoms with Crippen LogP contribution in [0.3, 0.4) is 0 Å². The lowest BCUT2D eigenvalue weighted by atomic mass is 10.2. The SMILES string of the molecule is CCNCc1ccc(OCCC(=O)OC)c([N+](=O)[O-])c1. The van der Waals surface area contributed by atoms with Gasteiger partial charge in [-0.3, -0.25) is 14.9 Å². The van der Waals surface area contributed by atoms with E-state index >= 15 is 0 Å². The van der Waals surface area contributed by atoms with Crippen molar-refractivity contribution in [1.29, 1.82) is 0 Å². The van der Waals surface area contributed by atoms with Gasteiger partial charge in [0.2, 0.25) is 0 Å². The third-order valence-corrected chi connectivity index (χ3v) is 2.59. The monoisotopic (exact) mass is 282 g/mol. The zero-order valence-electron chi connectivity index (χ0n) is 11.5. The van der Waals surface area contributed by atoms with E-state index in [1.165, 1.54) is 13.2 Å². The Morgan fingerprint density at radius 1 is 1.45 bits per heavy atom. The minimum absolute atomic E-state index is 0.0417. The Labute approximate surface area is 117 Å². The predicted molar refractivity (Wildman–Crippen MR) is 72.6 cm³/mol. The third-order valence-electron chi connectivity index (χ3n) is 2.59. The molecule has 7 nitrogen and oxygen atoms in total. The van der Waals surface area contributed by atoms with Crippen molar-refractivity contribution < 1.29 is 19.2 Å². The highest BCUT2D eigenvalue weighted by Crippen LogP contribution is 2.28. The normalized spacial score (nSPS) is 10.1. The van der Waals surface area contributed by atoms with Crippen LogP contribution in [0.1, 0.15) is 18.9 Å². The van der Waals surface area contributed by atoms with Crippen LogP contribution in [0.5, 0.6) is 5.75 Å². The molecule has 0 aliphatic rings. The fourth-order valence-electron chi connectivity index (χ4n) is 1.55. The number of nitrogens with one attached hydrogen (secondary N) is 1. The lowest BCUT2D eigenvalue weighted by molar-refractivity contribution is -0.385. The van der Waals surface area contributed by atoms with Crippen LogP contribution in [0.4, 0.5) is 5.69 Å². The van der Waals surface area contributed by atoms with E-state index in [4.69, 9.17) is 4.74 Å². The van der Waals surface area contributed by atoms with Gasteiger partial charge in [0.1, 0.15) is 0 Å². The number of hydrogen-bond acceptors (Lipinski definition) is 6. The predicted octanol–water partition coefficient (Wildman–Crippen LogP) is 1.65. The van der Waals surface area contributed by atoms with Gasteiger partial charge in [-0.15, -0.1) is 0 Å². The summed E-state index contributed by atoms with van der Waals surface area (Å²) in [7, 11) is 1.28. The minimum atomic E-state index is -0.497. The molecule has 0 spiro atoms. The highest BCUT2D eigenvalue weighted by molar-refractivity contribution is 5.69. The van der Waals surface area contributed by atoms with Crippen LogP contribution in [0, 0.1) is 10.1 Å². The van der Waals surface area contributed by atoms with Gasteiger partial charge in [0.25, 0.3) is 0 Å². The summed E-state index contributed by atoms with van der Waals surface area (Å²) in [6.45, 7) is 3.34. The molecule has 0 aromatic heterocycles. The van der Waals surface area contributed by atoms with Crippen LogP contribution in [-0.2, 0) is 16.1 Å². The maximum absolute atomic E-state index is 11.0. The summed E-state index contributed by atoms with van der Waals surface area (Å²) in [6, 6.07) is 4.77. The Hall–Kier alpha value is -2.15. The fraction of sp³-hybridized carbons (Fsp3) is 0.462. The summed E-state index contributed by atoms with van der Waals surface area (Å²) in [6.07, 6.45) is 0.0484. The van der Waals surface area contributed by atoms with E-state index in [1.54, 1.807) is 12.1 Å². The first kappa shape index (κ1) is 15.9. The summed E-state index contributed by atoms with van der Waals surface area (Å²) in [5.41, 5.74) is 0.698. The number of nitro groups is 1. The average Bonchev–Trinajstić information content (AvgIpc) is 2.45. The highest BCUT2D eigenvalue weighted by Gasteiger charge is 2.16. The number of benzene rings is 1. The molecule has 0 aliphatic carbocycles. The van der Waals surface area contributed by atoms with Crippen LogP contribution in [-0.4, -0.2) is 31.2 Å². The van der Waals surface area contributed by atoms with Gasteiger partial charge in [-0.2, -0.15) is 0 Å². The number of ether oxygens (including phenoxy) is 2. The molecule has 20 heavy (non-hydrogen) atoms. The molecule has 1 rings (SSSR count). The first-order valence-corrected chi connectivity index (χ1v) is 6.26. The summed E-state index contributed by atoms with van der Waals surface area (Å²) < 4.78 is 9.74. The quantitative estimate of drug-likeness (QED) is 0.443. The first-order valence-electron chi connectivity index (χ1n) is 6.26. The molecule has 110 valence electrons. The molecule has 0 heterocycles. The standard InChI is InChI=1S/C13H18N2O5/c1-3-14-9-10-4-5-12(11(8-10)15(17)18)20-7-6-13(16)19-2/h4-5,8,14H,3,6-7,9H2,1-2H3. The molecule has 0 amide bonds. The summed E-state index contributed by atoms with van der Waals surface area (Å²) >= 11 is 0. The van der Waals surface area contributed by atoms with Gasteiger partial charge in [-0.25, -0.2) is 0 Å². The minimum Gasteiger partial charge on any atom is -0.486 e. The Balaban J connectivity index is 2.74. The highest BCUT2D eigenvalue weighted by atomic mass is 16.6. The first-order chi connectivity index (χ1) is 9.58. The van der Waals surface area contributed by atoms with Gasteiger partial charge in [-0.1, -0.05) is 13.0 Å². The van der Waals surface area contributed by atoms with E-state index in [2.05, 4.69) is 10.1 Å². The number of carbonyl (C=O) groups is 1. The number of nitro benzene ring substituents is 1. The van der Waals surface area contributed by atoms with Crippen molar-refractivity contribution >= 4 is 11.7 Å². The molecule has 0 bridgehead atoms. The zero-order valence-corrected chi connectivity index (χ0v) is 11.5. The van der Waals surface area contributed by atoms with Crippen LogP contribution in [0.25, 0.3) is 0 Å². The molecule has 0 aliphatic heterocycles. The van der Waals surface area contributed by atoms with Crippen molar-refractivity contribution in [2.45, 2.75) is 19.9 Å². The maximum atomic E-state index is 11.0. The van der Waals surface area contributed by atoms with E-state index < -0.39 is 10.9 Å². The third kappa shape index (κ3) is 4.85. The Morgan fingerprint density at radius 2 is 2.20 bits per heavy atom. The molecule has 0 atom stereocenters. The maximum Gasteiger partial charge on any atom is 0.311 e. The lowest BCUT2D eigenvalue weighted by Gasteiger charge is -2.08. The van der Waals surface area contributed by atoms with E-state index in [0.717, 1.165) is 12.1 Å². The van der Waals surface area contributed by atoms with Gasteiger partial charge < -0.3 is 14.8 Å². The lowest BCUT2D eigenvalue weighted by Crippen LogP contribution is -2.12. The summed E-state index contributed by atoms with van der Waals surface area (Å²) in [4.78, 5) is 21.5. The fourth-order valence-corrected chi connectivity index (χ4v) is 1.55. The van der Waals surface area contributed by atoms with Crippen molar-refractivity contribution in [3.8, 4) is 5.75 Å². The van der Waals surface area contributed by atoms with E-state index in [0.29, 0.717) is 6.54 Å². The topological polar surface area (TPSA) is 90.7 Å². The van der Waals surface area contributed by atoms with E-state index in [-0.39, 0.29) is 24.5 Å². The number of nitrogens with zero attached hydrogens (tertiary/aromatic N) is 1. The second-order valence-corrected chi connectivity index (χ2v) is 4.01. The number of hydrogen-bond donors (Lipinski definition) is 1. The van der Waals surface area contributed by atoms with Gasteiger partial charge >= 0.3 is 11.7 Å². The summed E-state index contributed by atoms with van der Waals surface area (Å²) in [5.74, 6) is -0.268. The van der Waals surface area contributed by atoms with E-state index in [9.17, 15) is 14.9 Å². The number of carbonyl (C=O) groups excluding carboxylic acids is 1. The molecule has 0 unspecified atom stereocenters. The van der Waals surface area contributed by atoms with Crippen molar-refractivity contribution in [2.24, 2.45) is 0 Å². The van der Waals surface area contributed by atoms with Crippen molar-refractivity contribution in [2.75, 3.05) is 20.3 Å². The van der Waals surface area contributed by atoms with Gasteiger partial charge in [0.05, 0.1) is 25.1 Å². The molecule has 0 radical (unpaired) electrons. The molecular weight excluding hydrogens is 264 g/mol. The van der Waals surface area contributed by atoms with Crippen molar-refractivity contribution in [3.05, 3.63) is 33.9 Å². The number of methoxy groups -OCH3 is 1. The molecular formula is C13H18N2O5. The van der Waals surface area contributed by atoms with E-state index in [1.807, 2.05) is 6.92 Å². The molecule has 0 saturated carbocycles. The van der Waals surface area contributed by atoms with Gasteiger partial charge in [-0.05, 0) is 18.2 Å². The molecule has 1 N–H and O–H groups in total. The second-order valence-electron chi connectivity index (χ2n) is 4.01. The van der Waals surface area contributed by atoms with Gasteiger partial charge in [0, 0.05) is 12.6 Å². The van der Waals surface area contributed by atoms with Crippen LogP contribution < -0.4 is 10.1 Å². The van der Waals surface area contributed by atoms with Crippen LogP contribution in [0.2, 0.25) is 0 Å². The number of esters is 1. The second kappa shape index (κ2) is 8.11. The Bertz CT molecular complexity index is 476. The molecule has 1 aromatic carbocycles. The van der Waals surface area contributed by atoms with Crippen molar-refractivity contribution in [3.63, 3.8) is 0 Å². The van der Waals surface area contributed by atoms with Crippen LogP contribution in [0.15, 0.2) is 18.2 Å². The molecule has 1 aromatic rings. The van der Waals surface area contributed by atoms with Crippen molar-refractivity contribution in [1.82, 2.24) is 5.32 Å². The average molecular weight is 282 g/mol.